The molecule has 2 aromatic heterocycles. The van der Waals surface area contributed by atoms with E-state index in [2.05, 4.69) is 14.7 Å². The quantitative estimate of drug-likeness (QED) is 0.352. The van der Waals surface area contributed by atoms with Crippen molar-refractivity contribution in [2.45, 2.75) is 17.9 Å². The van der Waals surface area contributed by atoms with Gasteiger partial charge in [-0.3, -0.25) is 15.2 Å². The van der Waals surface area contributed by atoms with Crippen LogP contribution in [0.3, 0.4) is 0 Å². The van der Waals surface area contributed by atoms with Crippen LogP contribution < -0.4 is 16.0 Å². The molecular weight excluding hydrogens is 294 g/mol. The van der Waals surface area contributed by atoms with Gasteiger partial charge in [-0.05, 0) is 24.6 Å². The molecule has 1 amide bonds. The molecule has 0 aliphatic heterocycles. The summed E-state index contributed by atoms with van der Waals surface area (Å²) in [6.45, 7) is 1.70. The summed E-state index contributed by atoms with van der Waals surface area (Å²) in [6, 6.07) is 4.25. The fourth-order valence-corrected chi connectivity index (χ4v) is 2.96. The molecule has 9 heteroatoms. The summed E-state index contributed by atoms with van der Waals surface area (Å²) < 4.78 is 27.0. The third-order valence-corrected chi connectivity index (χ3v) is 4.38. The summed E-state index contributed by atoms with van der Waals surface area (Å²) in [5, 5.41) is 0. The third kappa shape index (κ3) is 3.45. The van der Waals surface area contributed by atoms with Gasteiger partial charge in [0.1, 0.15) is 10.6 Å². The number of sulfonamides is 1. The number of hydrogen-bond acceptors (Lipinski definition) is 5. The Labute approximate surface area is 121 Å². The standard InChI is InChI=1S/C12H15N5O3S/c1-8(9-3-2-4-14-6-9)17-21(19,20)10-5-11(15-7-10)12(18)16-13/h2-8,15,17H,13H2,1H3,(H,16,18). The van der Waals surface area contributed by atoms with Crippen LogP contribution in [0.4, 0.5) is 0 Å². The SMILES string of the molecule is CC(NS(=O)(=O)c1c[nH]c(C(=O)NN)c1)c1cccnc1. The van der Waals surface area contributed by atoms with Gasteiger partial charge < -0.3 is 4.98 Å². The van der Waals surface area contributed by atoms with E-state index in [0.717, 1.165) is 5.56 Å². The number of nitrogens with one attached hydrogen (secondary N) is 3. The van der Waals surface area contributed by atoms with E-state index in [1.165, 1.54) is 12.3 Å². The molecular formula is C12H15N5O3S. The molecule has 0 aromatic carbocycles. The topological polar surface area (TPSA) is 130 Å². The molecule has 8 nitrogen and oxygen atoms in total. The predicted molar refractivity (Wildman–Crippen MR) is 75.4 cm³/mol. The summed E-state index contributed by atoms with van der Waals surface area (Å²) >= 11 is 0. The monoisotopic (exact) mass is 309 g/mol. The number of pyridine rings is 1. The lowest BCUT2D eigenvalue weighted by atomic mass is 10.2. The second-order valence-electron chi connectivity index (χ2n) is 4.35. The van der Waals surface area contributed by atoms with Crippen molar-refractivity contribution < 1.29 is 13.2 Å². The van der Waals surface area contributed by atoms with Crippen LogP contribution in [0.15, 0.2) is 41.7 Å². The number of hydrogen-bond donors (Lipinski definition) is 4. The first kappa shape index (κ1) is 15.2. The molecule has 0 spiro atoms. The number of aromatic amines is 1. The van der Waals surface area contributed by atoms with Crippen molar-refractivity contribution in [3.63, 3.8) is 0 Å². The van der Waals surface area contributed by atoms with Crippen molar-refractivity contribution in [3.8, 4) is 0 Å². The molecule has 2 aromatic rings. The van der Waals surface area contributed by atoms with Gasteiger partial charge in [0.2, 0.25) is 10.0 Å². The molecule has 0 saturated heterocycles. The maximum atomic E-state index is 12.2. The van der Waals surface area contributed by atoms with E-state index < -0.39 is 22.0 Å². The first-order valence-corrected chi connectivity index (χ1v) is 7.54. The summed E-state index contributed by atoms with van der Waals surface area (Å²) in [6.07, 6.45) is 4.41. The van der Waals surface area contributed by atoms with Crippen LogP contribution in [0.25, 0.3) is 0 Å². The van der Waals surface area contributed by atoms with E-state index in [-0.39, 0.29) is 10.6 Å². The Kier molecular flexibility index (Phi) is 4.36. The first-order valence-electron chi connectivity index (χ1n) is 6.05. The molecule has 1 atom stereocenters. The van der Waals surface area contributed by atoms with Crippen LogP contribution in [0.1, 0.15) is 29.0 Å². The smallest absolute Gasteiger partial charge is 0.281 e. The summed E-state index contributed by atoms with van der Waals surface area (Å²) in [5.41, 5.74) is 2.71. The number of nitrogens with two attached hydrogens (primary N) is 1. The highest BCUT2D eigenvalue weighted by molar-refractivity contribution is 7.89. The zero-order valence-electron chi connectivity index (χ0n) is 11.2. The van der Waals surface area contributed by atoms with Gasteiger partial charge in [0.15, 0.2) is 0 Å². The minimum absolute atomic E-state index is 0.0446. The Balaban J connectivity index is 2.19. The van der Waals surface area contributed by atoms with Crippen molar-refractivity contribution in [1.82, 2.24) is 20.1 Å². The first-order chi connectivity index (χ1) is 9.94. The van der Waals surface area contributed by atoms with Gasteiger partial charge >= 0.3 is 0 Å². The zero-order valence-corrected chi connectivity index (χ0v) is 12.0. The molecule has 112 valence electrons. The van der Waals surface area contributed by atoms with E-state index in [0.29, 0.717) is 0 Å². The highest BCUT2D eigenvalue weighted by atomic mass is 32.2. The summed E-state index contributed by atoms with van der Waals surface area (Å²) in [5.74, 6) is 4.39. The molecule has 1 unspecified atom stereocenters. The number of amides is 1. The van der Waals surface area contributed by atoms with Gasteiger partial charge in [-0.25, -0.2) is 19.0 Å². The molecule has 0 fully saturated rings. The Morgan fingerprint density at radius 1 is 1.48 bits per heavy atom. The average molecular weight is 309 g/mol. The molecule has 5 N–H and O–H groups in total. The van der Waals surface area contributed by atoms with E-state index in [9.17, 15) is 13.2 Å². The lowest BCUT2D eigenvalue weighted by Gasteiger charge is -2.13. The Bertz CT molecular complexity index is 726. The fourth-order valence-electron chi connectivity index (χ4n) is 1.74. The molecule has 0 radical (unpaired) electrons. The van der Waals surface area contributed by atoms with Gasteiger partial charge in [0.25, 0.3) is 5.91 Å². The number of aromatic nitrogens is 2. The Morgan fingerprint density at radius 3 is 2.86 bits per heavy atom. The van der Waals surface area contributed by atoms with Crippen molar-refractivity contribution >= 4 is 15.9 Å². The van der Waals surface area contributed by atoms with Crippen LogP contribution in [-0.4, -0.2) is 24.3 Å². The largest absolute Gasteiger partial charge is 0.356 e. The maximum Gasteiger partial charge on any atom is 0.281 e. The number of nitrogen functional groups attached to an aromatic ring is 1. The van der Waals surface area contributed by atoms with Gasteiger partial charge in [0, 0.05) is 24.6 Å². The van der Waals surface area contributed by atoms with Gasteiger partial charge in [0.05, 0.1) is 0 Å². The summed E-state index contributed by atoms with van der Waals surface area (Å²) in [7, 11) is -3.76. The average Bonchev–Trinajstić information content (AvgIpc) is 2.97. The molecule has 0 aliphatic carbocycles. The number of rotatable bonds is 5. The molecule has 0 aliphatic rings. The van der Waals surface area contributed by atoms with Gasteiger partial charge in [-0.15, -0.1) is 0 Å². The number of H-pyrrole nitrogens is 1. The van der Waals surface area contributed by atoms with Crippen LogP contribution in [0.2, 0.25) is 0 Å². The van der Waals surface area contributed by atoms with E-state index in [1.54, 1.807) is 31.5 Å². The molecule has 2 heterocycles. The lowest BCUT2D eigenvalue weighted by molar-refractivity contribution is 0.0949. The van der Waals surface area contributed by atoms with Crippen LogP contribution >= 0.6 is 0 Å². The number of hydrazine groups is 1. The van der Waals surface area contributed by atoms with Crippen molar-refractivity contribution in [2.24, 2.45) is 5.84 Å². The Morgan fingerprint density at radius 2 is 2.24 bits per heavy atom. The maximum absolute atomic E-state index is 12.2. The van der Waals surface area contributed by atoms with Gasteiger partial charge in [-0.1, -0.05) is 6.07 Å². The number of carbonyl (C=O) groups excluding carboxylic acids is 1. The van der Waals surface area contributed by atoms with Gasteiger partial charge in [-0.2, -0.15) is 0 Å². The fraction of sp³-hybridized carbons (Fsp3) is 0.167. The lowest BCUT2D eigenvalue weighted by Crippen LogP contribution is -2.30. The van der Waals surface area contributed by atoms with E-state index in [1.807, 2.05) is 5.43 Å². The predicted octanol–water partition coefficient (Wildman–Crippen LogP) is 0.0527. The second-order valence-corrected chi connectivity index (χ2v) is 6.07. The van der Waals surface area contributed by atoms with Crippen molar-refractivity contribution in [2.75, 3.05) is 0 Å². The molecule has 0 bridgehead atoms. The third-order valence-electron chi connectivity index (χ3n) is 2.86. The zero-order chi connectivity index (χ0) is 15.5. The van der Waals surface area contributed by atoms with E-state index >= 15 is 0 Å². The normalized spacial score (nSPS) is 12.9. The molecule has 2 rings (SSSR count). The minimum atomic E-state index is -3.76. The Hall–Kier alpha value is -2.23. The van der Waals surface area contributed by atoms with Crippen LogP contribution in [0.5, 0.6) is 0 Å². The van der Waals surface area contributed by atoms with Crippen molar-refractivity contribution in [1.29, 1.82) is 0 Å². The van der Waals surface area contributed by atoms with E-state index in [4.69, 9.17) is 5.84 Å². The number of nitrogens with zero attached hydrogens (tertiary/aromatic N) is 1. The van der Waals surface area contributed by atoms with Crippen LogP contribution in [0, 0.1) is 0 Å². The van der Waals surface area contributed by atoms with Crippen LogP contribution in [-0.2, 0) is 10.0 Å². The highest BCUT2D eigenvalue weighted by Crippen LogP contribution is 2.16. The second kappa shape index (κ2) is 6.04. The van der Waals surface area contributed by atoms with Crippen molar-refractivity contribution in [3.05, 3.63) is 48.0 Å². The number of carbonyl (C=O) groups is 1. The molecule has 0 saturated carbocycles. The minimum Gasteiger partial charge on any atom is -0.356 e. The highest BCUT2D eigenvalue weighted by Gasteiger charge is 2.21. The molecule has 21 heavy (non-hydrogen) atoms. The summed E-state index contributed by atoms with van der Waals surface area (Å²) in [4.78, 5) is 17.8.